The highest BCUT2D eigenvalue weighted by atomic mass is 28.5. The zero-order valence-corrected chi connectivity index (χ0v) is 43.7. The Morgan fingerprint density at radius 2 is 0.831 bits per heavy atom. The van der Waals surface area contributed by atoms with Crippen LogP contribution < -0.4 is 4.74 Å². The lowest BCUT2D eigenvalue weighted by Crippen LogP contribution is -2.64. The van der Waals surface area contributed by atoms with E-state index in [4.69, 9.17) is 29.4 Å². The molecule has 1 aromatic rings. The molecule has 0 aliphatic heterocycles. The highest BCUT2D eigenvalue weighted by Gasteiger charge is 2.57. The zero-order valence-electron chi connectivity index (χ0n) is 35.7. The molecule has 0 radical (unpaired) electrons. The minimum absolute atomic E-state index is 0.0123. The van der Waals surface area contributed by atoms with Crippen LogP contribution in [0.15, 0.2) is 48.6 Å². The van der Waals surface area contributed by atoms with Gasteiger partial charge in [0.15, 0.2) is 0 Å². The molecule has 59 heavy (non-hydrogen) atoms. The van der Waals surface area contributed by atoms with Crippen molar-refractivity contribution in [3.63, 3.8) is 0 Å². The maximum Gasteiger partial charge on any atom is 0.484 e. The summed E-state index contributed by atoms with van der Waals surface area (Å²) in [6, 6.07) is 3.28. The fraction of sp³-hybridized carbons (Fsp3) is 0.625. The molecule has 27 heteroatoms. The second-order valence-electron chi connectivity index (χ2n) is 15.3. The molecule has 1 rings (SSSR count). The van der Waals surface area contributed by atoms with E-state index >= 15 is 0 Å². The molecule has 0 aliphatic rings. The van der Waals surface area contributed by atoms with Gasteiger partial charge in [0, 0.05) is 62.3 Å². The van der Waals surface area contributed by atoms with Gasteiger partial charge in [0.1, 0.15) is 5.75 Å². The van der Waals surface area contributed by atoms with Crippen molar-refractivity contribution in [2.75, 3.05) is 6.61 Å². The number of hydrogen-bond donors (Lipinski definition) is 12. The minimum atomic E-state index is -4.58. The number of ether oxygens (including phenoxy) is 1. The lowest BCUT2D eigenvalue weighted by atomic mass is 9.70. The molecule has 0 spiro atoms. The van der Waals surface area contributed by atoms with Crippen LogP contribution in [-0.2, 0) is 36.5 Å². The summed E-state index contributed by atoms with van der Waals surface area (Å²) in [5.74, 6) is 0.517. The smallest absolute Gasteiger partial charge is 0.484 e. The van der Waals surface area contributed by atoms with Crippen molar-refractivity contribution >= 4 is 70.4 Å². The van der Waals surface area contributed by atoms with Gasteiger partial charge >= 0.3 is 70.4 Å². The predicted molar refractivity (Wildman–Crippen MR) is 234 cm³/mol. The molecular weight excluding hydrogens is 913 g/mol. The molecule has 0 unspecified atom stereocenters. The highest BCUT2D eigenvalue weighted by molar-refractivity contribution is 6.84. The molecule has 0 saturated heterocycles. The zero-order chi connectivity index (χ0) is 45.8. The van der Waals surface area contributed by atoms with Crippen molar-refractivity contribution in [2.24, 2.45) is 0 Å². The summed E-state index contributed by atoms with van der Waals surface area (Å²) in [7, 11) is -36.1. The van der Waals surface area contributed by atoms with Crippen molar-refractivity contribution in [1.29, 1.82) is 0 Å². The number of rotatable bonds is 28. The summed E-state index contributed by atoms with van der Waals surface area (Å²) < 4.78 is 39.1. The van der Waals surface area contributed by atoms with Crippen LogP contribution in [0.2, 0.25) is 51.4 Å². The average Bonchev–Trinajstić information content (AvgIpc) is 2.98. The second-order valence-corrected chi connectivity index (χ2v) is 35.1. The molecule has 0 atom stereocenters. The van der Waals surface area contributed by atoms with Crippen molar-refractivity contribution in [3.05, 3.63) is 65.3 Å². The third kappa shape index (κ3) is 23.0. The first kappa shape index (κ1) is 56.3. The van der Waals surface area contributed by atoms with Crippen LogP contribution in [0.3, 0.4) is 0 Å². The standard InChI is InChI=1S/C32H68O19Si8/c1-11-14-20-32(21-15-12-2,22-16-13-3)30-27-29(19-17-24-58(46-52(5,33)34,47-53(6,35)36)48-54(7,37)38)26-28(4)31(30)45-23-18-25-59(49-55(8,39)40,50-56(9,41)42)51-57(10,43)44/h11-16,26-27,33-44H,17-25H2,1-10H3/b14-11+,15-12+,16-13+. The van der Waals surface area contributed by atoms with Crippen LogP contribution in [0.1, 0.15) is 69.6 Å². The molecule has 19 nitrogen and oxygen atoms in total. The van der Waals surface area contributed by atoms with Crippen LogP contribution in [0.25, 0.3) is 0 Å². The molecule has 0 fully saturated rings. The molecule has 342 valence electrons. The first-order chi connectivity index (χ1) is 26.6. The third-order valence-electron chi connectivity index (χ3n) is 8.05. The van der Waals surface area contributed by atoms with E-state index in [0.717, 1.165) is 50.4 Å². The minimum Gasteiger partial charge on any atom is -0.493 e. The van der Waals surface area contributed by atoms with Crippen LogP contribution in [0, 0.1) is 6.92 Å². The molecule has 0 aromatic heterocycles. The summed E-state index contributed by atoms with van der Waals surface area (Å²) in [5, 5.41) is 0. The Hall–Kier alpha value is -0.745. The van der Waals surface area contributed by atoms with E-state index in [-0.39, 0.29) is 38.0 Å². The quantitative estimate of drug-likeness (QED) is 0.0318. The Morgan fingerprint density at radius 1 is 0.508 bits per heavy atom. The van der Waals surface area contributed by atoms with Crippen LogP contribution in [0.4, 0.5) is 0 Å². The summed E-state index contributed by atoms with van der Waals surface area (Å²) >= 11 is 0. The molecule has 12 N–H and O–H groups in total. The van der Waals surface area contributed by atoms with E-state index in [1.165, 1.54) is 0 Å². The monoisotopic (exact) mass is 980 g/mol. The average molecular weight is 982 g/mol. The maximum absolute atomic E-state index is 10.3. The first-order valence-corrected chi connectivity index (χ1v) is 36.8. The fourth-order valence-corrected chi connectivity index (χ4v) is 27.4. The Bertz CT molecular complexity index is 1410. The Kier molecular flexibility index (Phi) is 21.7. The number of hydrogen-bond acceptors (Lipinski definition) is 19. The van der Waals surface area contributed by atoms with Crippen LogP contribution in [0.5, 0.6) is 5.75 Å². The van der Waals surface area contributed by atoms with Crippen molar-refractivity contribution < 1.29 is 87.0 Å². The van der Waals surface area contributed by atoms with Crippen molar-refractivity contribution in [3.8, 4) is 5.75 Å². The van der Waals surface area contributed by atoms with E-state index < -0.39 is 75.9 Å². The lowest BCUT2D eigenvalue weighted by molar-refractivity contribution is 0.103. The first-order valence-electron chi connectivity index (χ1n) is 19.1. The van der Waals surface area contributed by atoms with E-state index in [0.29, 0.717) is 30.6 Å². The van der Waals surface area contributed by atoms with Crippen LogP contribution in [-0.4, -0.2) is 135 Å². The summed E-state index contributed by atoms with van der Waals surface area (Å²) in [4.78, 5) is 123. The molecule has 1 aromatic carbocycles. The molecule has 0 aliphatic carbocycles. The summed E-state index contributed by atoms with van der Waals surface area (Å²) in [6.45, 7) is 13.4. The Labute approximate surface area is 356 Å². The SMILES string of the molecule is C/C=C/CC(C/C=C/C)(C/C=C/C)c1cc(CCC[Si](O[Si](C)(O)O)(O[Si](C)(O)O)O[Si](C)(O)O)cc(C)c1OCCC[Si](O[Si](C)(O)O)(O[Si](C)(O)O)O[Si](C)(O)O. The van der Waals surface area contributed by atoms with Gasteiger partial charge in [0.2, 0.25) is 0 Å². The predicted octanol–water partition coefficient (Wildman–Crippen LogP) is 1.13. The molecule has 0 amide bonds. The third-order valence-corrected chi connectivity index (χ3v) is 26.7. The fourth-order valence-electron chi connectivity index (χ4n) is 6.36. The normalized spacial score (nSPS) is 14.7. The number of allylic oxidation sites excluding steroid dienone is 6. The summed E-state index contributed by atoms with van der Waals surface area (Å²) in [6.07, 6.45) is 14.2. The Balaban J connectivity index is 3.88. The summed E-state index contributed by atoms with van der Waals surface area (Å²) in [5.41, 5.74) is 1.73. The number of aryl methyl sites for hydroxylation is 2. The van der Waals surface area contributed by atoms with E-state index in [1.54, 1.807) is 0 Å². The van der Waals surface area contributed by atoms with E-state index in [1.807, 2.05) is 58.1 Å². The van der Waals surface area contributed by atoms with Gasteiger partial charge in [-0.25, -0.2) is 0 Å². The molecular formula is C32H68O19Si8. The largest absolute Gasteiger partial charge is 0.493 e. The van der Waals surface area contributed by atoms with Gasteiger partial charge in [-0.2, -0.15) is 0 Å². The number of benzene rings is 1. The van der Waals surface area contributed by atoms with Crippen molar-refractivity contribution in [2.45, 2.75) is 123 Å². The molecule has 0 saturated carbocycles. The van der Waals surface area contributed by atoms with Crippen LogP contribution >= 0.6 is 0 Å². The second kappa shape index (κ2) is 22.7. The Morgan fingerprint density at radius 3 is 1.14 bits per heavy atom. The lowest BCUT2D eigenvalue weighted by Gasteiger charge is -2.38. The van der Waals surface area contributed by atoms with Gasteiger partial charge in [0.25, 0.3) is 0 Å². The van der Waals surface area contributed by atoms with E-state index in [2.05, 4.69) is 18.2 Å². The van der Waals surface area contributed by atoms with Gasteiger partial charge in [-0.3, -0.25) is 0 Å². The maximum atomic E-state index is 10.3. The van der Waals surface area contributed by atoms with Crippen molar-refractivity contribution in [1.82, 2.24) is 0 Å². The van der Waals surface area contributed by atoms with E-state index in [9.17, 15) is 57.5 Å². The van der Waals surface area contributed by atoms with Gasteiger partial charge in [0.05, 0.1) is 6.61 Å². The molecule has 0 bridgehead atoms. The van der Waals surface area contributed by atoms with Gasteiger partial charge in [-0.1, -0.05) is 48.6 Å². The highest BCUT2D eigenvalue weighted by Crippen LogP contribution is 2.44. The van der Waals surface area contributed by atoms with Gasteiger partial charge in [-0.05, 0) is 77.3 Å². The van der Waals surface area contributed by atoms with Gasteiger partial charge < -0.3 is 87.0 Å². The molecule has 0 heterocycles. The van der Waals surface area contributed by atoms with Gasteiger partial charge in [-0.15, -0.1) is 0 Å². The topological polar surface area (TPSA) is 307 Å².